The predicted octanol–water partition coefficient (Wildman–Crippen LogP) is 5.23. The summed E-state index contributed by atoms with van der Waals surface area (Å²) in [6.07, 6.45) is -4.44. The van der Waals surface area contributed by atoms with Gasteiger partial charge in [0.1, 0.15) is 0 Å². The van der Waals surface area contributed by atoms with E-state index in [0.29, 0.717) is 31.9 Å². The van der Waals surface area contributed by atoms with Crippen LogP contribution in [-0.2, 0) is 6.18 Å². The second kappa shape index (κ2) is 9.59. The summed E-state index contributed by atoms with van der Waals surface area (Å²) in [4.78, 5) is 29.2. The molecule has 1 N–H and O–H groups in total. The van der Waals surface area contributed by atoms with Crippen LogP contribution < -0.4 is 10.2 Å². The third-order valence-corrected chi connectivity index (χ3v) is 5.91. The second-order valence-electron chi connectivity index (χ2n) is 8.17. The summed E-state index contributed by atoms with van der Waals surface area (Å²) in [5, 5.41) is 2.70. The summed E-state index contributed by atoms with van der Waals surface area (Å²) in [7, 11) is 0. The fourth-order valence-corrected chi connectivity index (χ4v) is 3.92. The lowest BCUT2D eigenvalue weighted by molar-refractivity contribution is -0.137. The molecule has 0 aromatic heterocycles. The smallest absolute Gasteiger partial charge is 0.368 e. The molecule has 0 radical (unpaired) electrons. The van der Waals surface area contributed by atoms with Crippen LogP contribution in [0, 0.1) is 6.92 Å². The lowest BCUT2D eigenvalue weighted by Crippen LogP contribution is -2.48. The van der Waals surface area contributed by atoms with E-state index in [4.69, 9.17) is 0 Å². The normalized spacial score (nSPS) is 14.1. The van der Waals surface area contributed by atoms with E-state index >= 15 is 0 Å². The van der Waals surface area contributed by atoms with Crippen molar-refractivity contribution < 1.29 is 22.8 Å². The molecule has 1 aliphatic rings. The average Bonchev–Trinajstić information content (AvgIpc) is 2.84. The number of alkyl halides is 3. The summed E-state index contributed by atoms with van der Waals surface area (Å²) < 4.78 is 38.1. The fraction of sp³-hybridized carbons (Fsp3) is 0.231. The van der Waals surface area contributed by atoms with E-state index in [9.17, 15) is 22.8 Å². The second-order valence-corrected chi connectivity index (χ2v) is 8.17. The molecule has 1 saturated heterocycles. The first-order chi connectivity index (χ1) is 16.2. The van der Waals surface area contributed by atoms with Crippen LogP contribution in [0.2, 0.25) is 0 Å². The number of anilines is 2. The number of amides is 2. The molecule has 3 aromatic carbocycles. The van der Waals surface area contributed by atoms with Crippen LogP contribution in [0.4, 0.5) is 24.5 Å². The van der Waals surface area contributed by atoms with Gasteiger partial charge in [-0.15, -0.1) is 0 Å². The van der Waals surface area contributed by atoms with Crippen molar-refractivity contribution in [2.24, 2.45) is 0 Å². The minimum atomic E-state index is -4.44. The quantitative estimate of drug-likeness (QED) is 0.572. The molecule has 0 unspecified atom stereocenters. The largest absolute Gasteiger partial charge is 0.416 e. The lowest BCUT2D eigenvalue weighted by Gasteiger charge is -2.36. The van der Waals surface area contributed by atoms with E-state index < -0.39 is 17.6 Å². The lowest BCUT2D eigenvalue weighted by atomic mass is 10.1. The first kappa shape index (κ1) is 23.4. The van der Waals surface area contributed by atoms with Gasteiger partial charge in [-0.25, -0.2) is 0 Å². The molecule has 8 heteroatoms. The van der Waals surface area contributed by atoms with Crippen LogP contribution in [0.5, 0.6) is 0 Å². The van der Waals surface area contributed by atoms with Gasteiger partial charge < -0.3 is 15.1 Å². The van der Waals surface area contributed by atoms with Crippen LogP contribution in [-0.4, -0.2) is 42.9 Å². The molecule has 176 valence electrons. The molecule has 34 heavy (non-hydrogen) atoms. The maximum atomic E-state index is 12.8. The van der Waals surface area contributed by atoms with E-state index in [-0.39, 0.29) is 11.5 Å². The van der Waals surface area contributed by atoms with E-state index in [1.165, 1.54) is 0 Å². The molecule has 0 saturated carbocycles. The number of nitrogens with zero attached hydrogens (tertiary/aromatic N) is 2. The number of carbonyl (C=O) groups is 2. The molecule has 0 atom stereocenters. The van der Waals surface area contributed by atoms with Gasteiger partial charge >= 0.3 is 6.18 Å². The monoisotopic (exact) mass is 467 g/mol. The van der Waals surface area contributed by atoms with Gasteiger partial charge in [0, 0.05) is 48.7 Å². The van der Waals surface area contributed by atoms with Crippen LogP contribution >= 0.6 is 0 Å². The molecule has 0 aliphatic carbocycles. The molecule has 0 bridgehead atoms. The summed E-state index contributed by atoms with van der Waals surface area (Å²) in [6.45, 7) is 4.53. The third kappa shape index (κ3) is 5.22. The molecule has 4 rings (SSSR count). The molecule has 3 aromatic rings. The van der Waals surface area contributed by atoms with Gasteiger partial charge in [-0.2, -0.15) is 13.2 Å². The predicted molar refractivity (Wildman–Crippen MR) is 125 cm³/mol. The van der Waals surface area contributed by atoms with Gasteiger partial charge in [0.05, 0.1) is 5.56 Å². The van der Waals surface area contributed by atoms with Crippen molar-refractivity contribution in [1.29, 1.82) is 0 Å². The molecular formula is C26H24F3N3O2. The van der Waals surface area contributed by atoms with E-state index in [2.05, 4.69) is 10.2 Å². The maximum Gasteiger partial charge on any atom is 0.416 e. The standard InChI is InChI=1S/C26H24F3N3O2/c1-18-4-2-3-5-23(18)25(34)32-16-14-31(15-17-32)22-12-10-21(11-13-22)30-24(33)19-6-8-20(9-7-19)26(27,28)29/h2-13H,14-17H2,1H3,(H,30,33). The molecule has 5 nitrogen and oxygen atoms in total. The highest BCUT2D eigenvalue weighted by Crippen LogP contribution is 2.29. The Kier molecular flexibility index (Phi) is 6.58. The molecule has 1 heterocycles. The van der Waals surface area contributed by atoms with Gasteiger partial charge in [-0.05, 0) is 67.1 Å². The molecule has 2 amide bonds. The number of carbonyl (C=O) groups excluding carboxylic acids is 2. The number of benzene rings is 3. The van der Waals surface area contributed by atoms with Crippen molar-refractivity contribution in [1.82, 2.24) is 4.90 Å². The molecular weight excluding hydrogens is 443 g/mol. The topological polar surface area (TPSA) is 52.7 Å². The highest BCUT2D eigenvalue weighted by molar-refractivity contribution is 6.04. The zero-order valence-electron chi connectivity index (χ0n) is 18.6. The summed E-state index contributed by atoms with van der Waals surface area (Å²) in [5.41, 5.74) is 2.55. The Hall–Kier alpha value is -3.81. The number of halogens is 3. The summed E-state index contributed by atoms with van der Waals surface area (Å²) in [6, 6.07) is 18.9. The number of nitrogens with one attached hydrogen (secondary N) is 1. The van der Waals surface area contributed by atoms with Gasteiger partial charge in [0.2, 0.25) is 0 Å². The summed E-state index contributed by atoms with van der Waals surface area (Å²) >= 11 is 0. The van der Waals surface area contributed by atoms with E-state index in [1.54, 1.807) is 12.1 Å². The SMILES string of the molecule is Cc1ccccc1C(=O)N1CCN(c2ccc(NC(=O)c3ccc(C(F)(F)F)cc3)cc2)CC1. The third-order valence-electron chi connectivity index (χ3n) is 5.91. The maximum absolute atomic E-state index is 12.8. The van der Waals surface area contributed by atoms with Crippen molar-refractivity contribution >= 4 is 23.2 Å². The zero-order chi connectivity index (χ0) is 24.3. The first-order valence-electron chi connectivity index (χ1n) is 10.9. The highest BCUT2D eigenvalue weighted by atomic mass is 19.4. The Labute approximate surface area is 195 Å². The van der Waals surface area contributed by atoms with Gasteiger partial charge in [-0.3, -0.25) is 9.59 Å². The molecule has 1 aliphatic heterocycles. The van der Waals surface area contributed by atoms with E-state index in [0.717, 1.165) is 41.1 Å². The van der Waals surface area contributed by atoms with Gasteiger partial charge in [0.25, 0.3) is 11.8 Å². The number of hydrogen-bond donors (Lipinski definition) is 1. The van der Waals surface area contributed by atoms with Crippen molar-refractivity contribution in [3.8, 4) is 0 Å². The van der Waals surface area contributed by atoms with Crippen molar-refractivity contribution in [2.45, 2.75) is 13.1 Å². The molecule has 0 spiro atoms. The number of rotatable bonds is 4. The molecule has 1 fully saturated rings. The minimum absolute atomic E-state index is 0.0408. The van der Waals surface area contributed by atoms with Crippen LogP contribution in [0.15, 0.2) is 72.8 Å². The first-order valence-corrected chi connectivity index (χ1v) is 10.9. The number of aryl methyl sites for hydroxylation is 1. The van der Waals surface area contributed by atoms with Crippen LogP contribution in [0.25, 0.3) is 0 Å². The Morgan fingerprint density at radius 3 is 2.03 bits per heavy atom. The summed E-state index contributed by atoms with van der Waals surface area (Å²) in [5.74, 6) is -0.441. The van der Waals surface area contributed by atoms with Gasteiger partial charge in [-0.1, -0.05) is 18.2 Å². The Bertz CT molecular complexity index is 1170. The van der Waals surface area contributed by atoms with Crippen molar-refractivity contribution in [3.05, 3.63) is 95.1 Å². The van der Waals surface area contributed by atoms with Crippen molar-refractivity contribution in [2.75, 3.05) is 36.4 Å². The number of piperazine rings is 1. The van der Waals surface area contributed by atoms with Gasteiger partial charge in [0.15, 0.2) is 0 Å². The van der Waals surface area contributed by atoms with E-state index in [1.807, 2.05) is 48.2 Å². The Morgan fingerprint density at radius 2 is 1.44 bits per heavy atom. The fourth-order valence-electron chi connectivity index (χ4n) is 3.92. The average molecular weight is 467 g/mol. The Balaban J connectivity index is 1.33. The van der Waals surface area contributed by atoms with Crippen LogP contribution in [0.1, 0.15) is 31.8 Å². The highest BCUT2D eigenvalue weighted by Gasteiger charge is 2.30. The van der Waals surface area contributed by atoms with Crippen LogP contribution in [0.3, 0.4) is 0 Å². The zero-order valence-corrected chi connectivity index (χ0v) is 18.6. The minimum Gasteiger partial charge on any atom is -0.368 e. The Morgan fingerprint density at radius 1 is 0.824 bits per heavy atom. The van der Waals surface area contributed by atoms with Crippen molar-refractivity contribution in [3.63, 3.8) is 0 Å². The number of hydrogen-bond acceptors (Lipinski definition) is 3.